The van der Waals surface area contributed by atoms with Crippen molar-refractivity contribution in [1.29, 1.82) is 0 Å². The number of benzene rings is 2. The monoisotopic (exact) mass is 285 g/mol. The zero-order chi connectivity index (χ0) is 15.2. The molecular weight excluding hydrogens is 266 g/mol. The van der Waals surface area contributed by atoms with Gasteiger partial charge in [-0.05, 0) is 25.1 Å². The maximum absolute atomic E-state index is 12.0. The molecule has 0 fully saturated rings. The quantitative estimate of drug-likeness (QED) is 0.887. The molecule has 0 saturated heterocycles. The van der Waals surface area contributed by atoms with Gasteiger partial charge in [0.1, 0.15) is 5.75 Å². The van der Waals surface area contributed by atoms with Crippen molar-refractivity contribution >= 4 is 5.91 Å². The molecule has 0 bridgehead atoms. The van der Waals surface area contributed by atoms with Crippen LogP contribution in [0.3, 0.4) is 0 Å². The number of carbonyl (C=O) groups excluding carboxylic acids is 1. The molecule has 0 unspecified atom stereocenters. The van der Waals surface area contributed by atoms with Crippen LogP contribution < -0.4 is 10.1 Å². The van der Waals surface area contributed by atoms with Crippen LogP contribution in [0.4, 0.5) is 0 Å². The van der Waals surface area contributed by atoms with Gasteiger partial charge in [-0.3, -0.25) is 4.79 Å². The summed E-state index contributed by atoms with van der Waals surface area (Å²) in [5, 5.41) is 12.9. The Morgan fingerprint density at radius 1 is 1.24 bits per heavy atom. The Morgan fingerprint density at radius 3 is 2.71 bits per heavy atom. The van der Waals surface area contributed by atoms with E-state index in [1.165, 1.54) is 0 Å². The summed E-state index contributed by atoms with van der Waals surface area (Å²) in [5.74, 6) is 0.405. The molecule has 0 heterocycles. The molecule has 0 aliphatic carbocycles. The average Bonchev–Trinajstić information content (AvgIpc) is 2.52. The summed E-state index contributed by atoms with van der Waals surface area (Å²) >= 11 is 0. The lowest BCUT2D eigenvalue weighted by atomic mass is 10.1. The maximum Gasteiger partial charge on any atom is 0.251 e. The molecule has 21 heavy (non-hydrogen) atoms. The molecule has 0 radical (unpaired) electrons. The molecule has 1 amide bonds. The Kier molecular flexibility index (Phi) is 4.95. The third-order valence-corrected chi connectivity index (χ3v) is 3.23. The molecule has 2 rings (SSSR count). The van der Waals surface area contributed by atoms with E-state index in [1.807, 2.05) is 37.3 Å². The Labute approximate surface area is 124 Å². The first-order valence-electron chi connectivity index (χ1n) is 6.77. The number of aryl methyl sites for hydroxylation is 1. The van der Waals surface area contributed by atoms with E-state index >= 15 is 0 Å². The second-order valence-electron chi connectivity index (χ2n) is 4.84. The van der Waals surface area contributed by atoms with Gasteiger partial charge in [0.15, 0.2) is 0 Å². The van der Waals surface area contributed by atoms with Gasteiger partial charge < -0.3 is 15.2 Å². The Balaban J connectivity index is 2.01. The molecule has 4 nitrogen and oxygen atoms in total. The molecule has 0 aliphatic rings. The third kappa shape index (κ3) is 3.83. The van der Waals surface area contributed by atoms with E-state index in [4.69, 9.17) is 4.74 Å². The molecule has 2 N–H and O–H groups in total. The Bertz CT molecular complexity index is 625. The smallest absolute Gasteiger partial charge is 0.251 e. The van der Waals surface area contributed by atoms with Crippen molar-refractivity contribution in [2.45, 2.75) is 13.0 Å². The number of hydrogen-bond acceptors (Lipinski definition) is 3. The predicted molar refractivity (Wildman–Crippen MR) is 81.5 cm³/mol. The van der Waals surface area contributed by atoms with Gasteiger partial charge in [0.25, 0.3) is 5.91 Å². The van der Waals surface area contributed by atoms with E-state index < -0.39 is 6.10 Å². The average molecular weight is 285 g/mol. The second kappa shape index (κ2) is 6.90. The van der Waals surface area contributed by atoms with Crippen molar-refractivity contribution in [3.63, 3.8) is 0 Å². The minimum absolute atomic E-state index is 0.132. The van der Waals surface area contributed by atoms with Crippen LogP contribution in [0.5, 0.6) is 5.75 Å². The lowest BCUT2D eigenvalue weighted by Gasteiger charge is -2.15. The number of ether oxygens (including phenoxy) is 1. The number of aliphatic hydroxyl groups excluding tert-OH is 1. The highest BCUT2D eigenvalue weighted by Gasteiger charge is 2.14. The topological polar surface area (TPSA) is 58.6 Å². The molecule has 4 heteroatoms. The van der Waals surface area contributed by atoms with Crippen LogP contribution in [0.2, 0.25) is 0 Å². The first-order valence-corrected chi connectivity index (χ1v) is 6.77. The number of carbonyl (C=O) groups is 1. The van der Waals surface area contributed by atoms with Gasteiger partial charge in [0.2, 0.25) is 0 Å². The maximum atomic E-state index is 12.0. The summed E-state index contributed by atoms with van der Waals surface area (Å²) in [7, 11) is 1.55. The van der Waals surface area contributed by atoms with Crippen molar-refractivity contribution in [2.24, 2.45) is 0 Å². The molecule has 0 saturated carbocycles. The van der Waals surface area contributed by atoms with E-state index in [1.54, 1.807) is 25.3 Å². The SMILES string of the molecule is COc1ccccc1[C@H](O)CNC(=O)c1cccc(C)c1. The Hall–Kier alpha value is -2.33. The van der Waals surface area contributed by atoms with Crippen LogP contribution in [-0.4, -0.2) is 24.7 Å². The fourth-order valence-electron chi connectivity index (χ4n) is 2.13. The fraction of sp³-hybridized carbons (Fsp3) is 0.235. The molecular formula is C17H19NO3. The summed E-state index contributed by atoms with van der Waals surface area (Å²) < 4.78 is 5.20. The first-order chi connectivity index (χ1) is 10.1. The van der Waals surface area contributed by atoms with Gasteiger partial charge in [-0.2, -0.15) is 0 Å². The molecule has 2 aromatic rings. The zero-order valence-electron chi connectivity index (χ0n) is 12.2. The minimum atomic E-state index is -0.810. The number of hydrogen-bond donors (Lipinski definition) is 2. The van der Waals surface area contributed by atoms with Crippen LogP contribution in [0, 0.1) is 6.92 Å². The first kappa shape index (κ1) is 15.1. The summed E-state index contributed by atoms with van der Waals surface area (Å²) in [5.41, 5.74) is 2.26. The summed E-state index contributed by atoms with van der Waals surface area (Å²) in [6.45, 7) is 2.06. The fourth-order valence-corrected chi connectivity index (χ4v) is 2.13. The van der Waals surface area contributed by atoms with Gasteiger partial charge in [-0.15, -0.1) is 0 Å². The van der Waals surface area contributed by atoms with Gasteiger partial charge in [0.05, 0.1) is 13.2 Å². The van der Waals surface area contributed by atoms with E-state index in [9.17, 15) is 9.90 Å². The number of methoxy groups -OCH3 is 1. The number of amides is 1. The van der Waals surface area contributed by atoms with Gasteiger partial charge in [-0.1, -0.05) is 35.9 Å². The molecule has 0 aliphatic heterocycles. The van der Waals surface area contributed by atoms with E-state index in [0.29, 0.717) is 16.9 Å². The van der Waals surface area contributed by atoms with Crippen molar-refractivity contribution in [3.8, 4) is 5.75 Å². The van der Waals surface area contributed by atoms with Crippen molar-refractivity contribution in [3.05, 3.63) is 65.2 Å². The highest BCUT2D eigenvalue weighted by Crippen LogP contribution is 2.24. The number of aliphatic hydroxyl groups is 1. The zero-order valence-corrected chi connectivity index (χ0v) is 12.2. The predicted octanol–water partition coefficient (Wildman–Crippen LogP) is 2.47. The van der Waals surface area contributed by atoms with Crippen molar-refractivity contribution in [2.75, 3.05) is 13.7 Å². The van der Waals surface area contributed by atoms with E-state index in [0.717, 1.165) is 5.56 Å². The van der Waals surface area contributed by atoms with Crippen LogP contribution in [-0.2, 0) is 0 Å². The Morgan fingerprint density at radius 2 is 2.00 bits per heavy atom. The molecule has 110 valence electrons. The summed E-state index contributed by atoms with van der Waals surface area (Å²) in [6, 6.07) is 14.5. The molecule has 0 aromatic heterocycles. The number of rotatable bonds is 5. The van der Waals surface area contributed by atoms with Crippen LogP contribution >= 0.6 is 0 Å². The van der Waals surface area contributed by atoms with E-state index in [2.05, 4.69) is 5.32 Å². The largest absolute Gasteiger partial charge is 0.496 e. The van der Waals surface area contributed by atoms with Gasteiger partial charge in [0, 0.05) is 17.7 Å². The number of para-hydroxylation sites is 1. The van der Waals surface area contributed by atoms with Crippen LogP contribution in [0.1, 0.15) is 27.6 Å². The van der Waals surface area contributed by atoms with Crippen LogP contribution in [0.15, 0.2) is 48.5 Å². The van der Waals surface area contributed by atoms with E-state index in [-0.39, 0.29) is 12.5 Å². The highest BCUT2D eigenvalue weighted by atomic mass is 16.5. The molecule has 1 atom stereocenters. The number of nitrogens with one attached hydrogen (secondary N) is 1. The third-order valence-electron chi connectivity index (χ3n) is 3.23. The lowest BCUT2D eigenvalue weighted by molar-refractivity contribution is 0.0914. The molecule has 0 spiro atoms. The summed E-state index contributed by atoms with van der Waals surface area (Å²) in [6.07, 6.45) is -0.810. The minimum Gasteiger partial charge on any atom is -0.496 e. The van der Waals surface area contributed by atoms with Crippen molar-refractivity contribution < 1.29 is 14.6 Å². The highest BCUT2D eigenvalue weighted by molar-refractivity contribution is 5.94. The van der Waals surface area contributed by atoms with Crippen molar-refractivity contribution in [1.82, 2.24) is 5.32 Å². The second-order valence-corrected chi connectivity index (χ2v) is 4.84. The standard InChI is InChI=1S/C17H19NO3/c1-12-6-5-7-13(10-12)17(20)18-11-15(19)14-8-3-4-9-16(14)21-2/h3-10,15,19H,11H2,1-2H3,(H,18,20)/t15-/m1/s1. The van der Waals surface area contributed by atoms with Gasteiger partial charge >= 0.3 is 0 Å². The summed E-state index contributed by atoms with van der Waals surface area (Å²) in [4.78, 5) is 12.0. The van der Waals surface area contributed by atoms with Gasteiger partial charge in [-0.25, -0.2) is 0 Å². The van der Waals surface area contributed by atoms with Crippen LogP contribution in [0.25, 0.3) is 0 Å². The molecule has 2 aromatic carbocycles. The lowest BCUT2D eigenvalue weighted by Crippen LogP contribution is -2.28. The normalized spacial score (nSPS) is 11.8.